The fourth-order valence-electron chi connectivity index (χ4n) is 2.96. The lowest BCUT2D eigenvalue weighted by molar-refractivity contribution is -0.151. The largest absolute Gasteiger partial charge is 0.479 e. The lowest BCUT2D eigenvalue weighted by Gasteiger charge is -2.15. The zero-order valence-electron chi connectivity index (χ0n) is 21.9. The van der Waals surface area contributed by atoms with Gasteiger partial charge >= 0.3 is 24.0 Å². The molecule has 2 unspecified atom stereocenters. The number of aromatic nitrogens is 3. The number of carbonyl (C=O) groups excluding carboxylic acids is 2. The van der Waals surface area contributed by atoms with Crippen LogP contribution < -0.4 is 18.9 Å². The zero-order chi connectivity index (χ0) is 29.3. The van der Waals surface area contributed by atoms with Crippen LogP contribution in [0.2, 0.25) is 0 Å². The summed E-state index contributed by atoms with van der Waals surface area (Å²) in [6.45, 7) is 7.09. The van der Waals surface area contributed by atoms with Crippen molar-refractivity contribution in [1.82, 2.24) is 15.0 Å². The first-order chi connectivity index (χ1) is 19.0. The minimum Gasteiger partial charge on any atom is -0.479 e. The van der Waals surface area contributed by atoms with Crippen molar-refractivity contribution < 1.29 is 38.0 Å². The van der Waals surface area contributed by atoms with Gasteiger partial charge in [0.2, 0.25) is 3.79 Å². The maximum absolute atomic E-state index is 11.8. The van der Waals surface area contributed by atoms with Crippen molar-refractivity contribution in [2.45, 2.75) is 43.7 Å². The number of hydrogen-bond donors (Lipinski definition) is 0. The molecule has 0 fully saturated rings. The van der Waals surface area contributed by atoms with E-state index in [1.165, 1.54) is 0 Å². The molecule has 0 amide bonds. The minimum atomic E-state index is -2.00. The SMILES string of the molecule is CCOC(=O)C(C)Oc1ccc(Oc2nc(Oc3ccc(OC(C)C(=O)OCC)cc3)nc(C(Cl)(Cl)Cl)n2)cc1. The van der Waals surface area contributed by atoms with E-state index in [9.17, 15) is 9.59 Å². The van der Waals surface area contributed by atoms with Crippen LogP contribution in [0.3, 0.4) is 0 Å². The van der Waals surface area contributed by atoms with E-state index in [0.717, 1.165) is 0 Å². The molecule has 0 aliphatic carbocycles. The molecule has 0 aliphatic rings. The number of esters is 2. The third kappa shape index (κ3) is 9.29. The molecule has 1 heterocycles. The molecular formula is C26H26Cl3N3O8. The fourth-order valence-corrected chi connectivity index (χ4v) is 3.22. The summed E-state index contributed by atoms with van der Waals surface area (Å²) in [5, 5.41) is 0. The second kappa shape index (κ2) is 14.2. The van der Waals surface area contributed by atoms with Crippen molar-refractivity contribution in [3.05, 3.63) is 54.4 Å². The van der Waals surface area contributed by atoms with Crippen LogP contribution in [0.4, 0.5) is 0 Å². The van der Waals surface area contributed by atoms with Crippen LogP contribution in [0.1, 0.15) is 33.5 Å². The van der Waals surface area contributed by atoms with Crippen LogP contribution in [-0.4, -0.2) is 52.3 Å². The Morgan fingerprint density at radius 1 is 0.675 bits per heavy atom. The smallest absolute Gasteiger partial charge is 0.347 e. The molecule has 1 aromatic heterocycles. The first-order valence-corrected chi connectivity index (χ1v) is 13.2. The molecule has 0 N–H and O–H groups in total. The topological polar surface area (TPSA) is 128 Å². The summed E-state index contributed by atoms with van der Waals surface area (Å²) in [7, 11) is 0. The second-order valence-electron chi connectivity index (χ2n) is 7.89. The van der Waals surface area contributed by atoms with Crippen LogP contribution in [0, 0.1) is 0 Å². The van der Waals surface area contributed by atoms with E-state index in [4.69, 9.17) is 63.2 Å². The highest BCUT2D eigenvalue weighted by atomic mass is 35.6. The Bertz CT molecular complexity index is 1200. The Hall–Kier alpha value is -3.54. The molecule has 0 saturated carbocycles. The molecule has 214 valence electrons. The monoisotopic (exact) mass is 613 g/mol. The predicted octanol–water partition coefficient (Wildman–Crippen LogP) is 5.94. The molecule has 0 spiro atoms. The van der Waals surface area contributed by atoms with Crippen molar-refractivity contribution in [2.75, 3.05) is 13.2 Å². The van der Waals surface area contributed by atoms with E-state index in [0.29, 0.717) is 23.0 Å². The molecule has 0 radical (unpaired) electrons. The van der Waals surface area contributed by atoms with Crippen molar-refractivity contribution >= 4 is 46.7 Å². The third-order valence-corrected chi connectivity index (χ3v) is 5.28. The number of benzene rings is 2. The molecule has 11 nitrogen and oxygen atoms in total. The number of halogens is 3. The standard InChI is InChI=1S/C26H26Cl3N3O8/c1-5-35-21(33)15(3)37-17-7-11-19(12-8-17)39-24-30-23(26(27,28)29)31-25(32-24)40-20-13-9-18(10-14-20)38-16(4)22(34)36-6-2/h7-16H,5-6H2,1-4H3. The summed E-state index contributed by atoms with van der Waals surface area (Å²) in [6.07, 6.45) is -1.58. The van der Waals surface area contributed by atoms with E-state index in [1.54, 1.807) is 76.2 Å². The zero-order valence-corrected chi connectivity index (χ0v) is 24.2. The Labute approximate surface area is 245 Å². The second-order valence-corrected chi connectivity index (χ2v) is 10.2. The number of alkyl halides is 3. The van der Waals surface area contributed by atoms with Crippen LogP contribution in [0.25, 0.3) is 0 Å². The number of ether oxygens (including phenoxy) is 6. The van der Waals surface area contributed by atoms with E-state index < -0.39 is 27.9 Å². The summed E-state index contributed by atoms with van der Waals surface area (Å²) in [5.41, 5.74) is 0. The van der Waals surface area contributed by atoms with E-state index in [2.05, 4.69) is 15.0 Å². The third-order valence-electron chi connectivity index (χ3n) is 4.78. The van der Waals surface area contributed by atoms with Gasteiger partial charge in [-0.3, -0.25) is 0 Å². The summed E-state index contributed by atoms with van der Waals surface area (Å²) in [4.78, 5) is 35.8. The molecule has 2 aromatic carbocycles. The summed E-state index contributed by atoms with van der Waals surface area (Å²) >= 11 is 18.0. The predicted molar refractivity (Wildman–Crippen MR) is 146 cm³/mol. The van der Waals surface area contributed by atoms with Gasteiger partial charge in [0.25, 0.3) is 0 Å². The minimum absolute atomic E-state index is 0.205. The lowest BCUT2D eigenvalue weighted by atomic mass is 10.3. The number of rotatable bonds is 12. The van der Waals surface area contributed by atoms with E-state index in [1.807, 2.05) is 0 Å². The van der Waals surface area contributed by atoms with Crippen molar-refractivity contribution in [2.24, 2.45) is 0 Å². The molecule has 14 heteroatoms. The fraction of sp³-hybridized carbons (Fsp3) is 0.346. The average Bonchev–Trinajstić information content (AvgIpc) is 2.90. The van der Waals surface area contributed by atoms with Crippen LogP contribution >= 0.6 is 34.8 Å². The molecule has 0 saturated heterocycles. The summed E-state index contributed by atoms with van der Waals surface area (Å²) in [6, 6.07) is 12.2. The Kier molecular flexibility index (Phi) is 11.0. The average molecular weight is 615 g/mol. The van der Waals surface area contributed by atoms with Gasteiger partial charge in [-0.05, 0) is 76.2 Å². The van der Waals surface area contributed by atoms with Gasteiger partial charge in [-0.2, -0.15) is 9.97 Å². The molecule has 3 rings (SSSR count). The Balaban J connectivity index is 1.73. The quantitative estimate of drug-likeness (QED) is 0.177. The molecule has 3 aromatic rings. The molecule has 40 heavy (non-hydrogen) atoms. The number of hydrogen-bond acceptors (Lipinski definition) is 11. The Morgan fingerprint density at radius 2 is 1.02 bits per heavy atom. The van der Waals surface area contributed by atoms with E-state index >= 15 is 0 Å². The highest BCUT2D eigenvalue weighted by Gasteiger charge is 2.29. The van der Waals surface area contributed by atoms with Gasteiger partial charge < -0.3 is 28.4 Å². The van der Waals surface area contributed by atoms with Gasteiger partial charge in [0.05, 0.1) is 13.2 Å². The van der Waals surface area contributed by atoms with E-state index in [-0.39, 0.29) is 31.1 Å². The van der Waals surface area contributed by atoms with Crippen molar-refractivity contribution in [3.8, 4) is 35.0 Å². The first-order valence-electron chi connectivity index (χ1n) is 12.0. The van der Waals surface area contributed by atoms with Crippen molar-refractivity contribution in [1.29, 1.82) is 0 Å². The van der Waals surface area contributed by atoms with Gasteiger partial charge in [-0.15, -0.1) is 4.98 Å². The van der Waals surface area contributed by atoms with Gasteiger partial charge in [0.1, 0.15) is 23.0 Å². The van der Waals surface area contributed by atoms with Gasteiger partial charge in [0.15, 0.2) is 18.0 Å². The normalized spacial score (nSPS) is 12.6. The van der Waals surface area contributed by atoms with Gasteiger partial charge in [-0.1, -0.05) is 34.8 Å². The van der Waals surface area contributed by atoms with Crippen LogP contribution in [-0.2, 0) is 22.9 Å². The molecule has 2 atom stereocenters. The Morgan fingerprint density at radius 3 is 1.35 bits per heavy atom. The van der Waals surface area contributed by atoms with Crippen molar-refractivity contribution in [3.63, 3.8) is 0 Å². The summed E-state index contributed by atoms with van der Waals surface area (Å²) < 4.78 is 30.4. The number of nitrogens with zero attached hydrogens (tertiary/aromatic N) is 3. The molecule has 0 aliphatic heterocycles. The van der Waals surface area contributed by atoms with Gasteiger partial charge in [0, 0.05) is 0 Å². The highest BCUT2D eigenvalue weighted by Crippen LogP contribution is 2.38. The number of carbonyl (C=O) groups is 2. The maximum atomic E-state index is 11.8. The first kappa shape index (κ1) is 31.0. The highest BCUT2D eigenvalue weighted by molar-refractivity contribution is 6.66. The van der Waals surface area contributed by atoms with Crippen LogP contribution in [0.15, 0.2) is 48.5 Å². The van der Waals surface area contributed by atoms with Gasteiger partial charge in [-0.25, -0.2) is 9.59 Å². The van der Waals surface area contributed by atoms with Crippen LogP contribution in [0.5, 0.6) is 35.0 Å². The lowest BCUT2D eigenvalue weighted by Crippen LogP contribution is -2.25. The maximum Gasteiger partial charge on any atom is 0.347 e. The molecular weight excluding hydrogens is 589 g/mol. The summed E-state index contributed by atoms with van der Waals surface area (Å²) in [5.74, 6) is 0.282. The molecule has 0 bridgehead atoms.